The molecule has 0 atom stereocenters. The number of benzene rings is 1. The summed E-state index contributed by atoms with van der Waals surface area (Å²) in [5.41, 5.74) is 8.51. The predicted molar refractivity (Wildman–Crippen MR) is 79.5 cm³/mol. The van der Waals surface area contributed by atoms with Crippen LogP contribution in [0, 0.1) is 0 Å². The van der Waals surface area contributed by atoms with Crippen molar-refractivity contribution in [2.45, 2.75) is 43.4 Å². The van der Waals surface area contributed by atoms with Crippen LogP contribution in [0.15, 0.2) is 36.4 Å². The molecule has 0 unspecified atom stereocenters. The minimum absolute atomic E-state index is 0.000278. The molecule has 1 aromatic carbocycles. The van der Waals surface area contributed by atoms with Crippen molar-refractivity contribution < 1.29 is 0 Å². The summed E-state index contributed by atoms with van der Waals surface area (Å²) in [6.07, 6.45) is 5.99. The molecule has 0 saturated heterocycles. The van der Waals surface area contributed by atoms with E-state index in [0.717, 1.165) is 24.4 Å². The largest absolute Gasteiger partial charge is 0.384 e. The van der Waals surface area contributed by atoms with Gasteiger partial charge in [-0.15, -0.1) is 0 Å². The minimum Gasteiger partial charge on any atom is -0.384 e. The fourth-order valence-electron chi connectivity index (χ4n) is 3.22. The zero-order valence-electron chi connectivity index (χ0n) is 11.5. The Morgan fingerprint density at radius 1 is 1.05 bits per heavy atom. The van der Waals surface area contributed by atoms with Crippen LogP contribution in [-0.4, -0.2) is 9.97 Å². The van der Waals surface area contributed by atoms with E-state index < -0.39 is 0 Å². The molecule has 2 aliphatic carbocycles. The maximum Gasteiger partial charge on any atom is 0.141 e. The first kappa shape index (κ1) is 11.9. The van der Waals surface area contributed by atoms with E-state index in [1.807, 2.05) is 6.07 Å². The van der Waals surface area contributed by atoms with Crippen molar-refractivity contribution in [3.63, 3.8) is 0 Å². The third-order valence-corrected chi connectivity index (χ3v) is 4.72. The van der Waals surface area contributed by atoms with Gasteiger partial charge >= 0.3 is 0 Å². The molecule has 2 aliphatic rings. The molecule has 3 nitrogen and oxygen atoms in total. The molecule has 2 aromatic rings. The highest BCUT2D eigenvalue weighted by Crippen LogP contribution is 2.48. The third kappa shape index (κ3) is 1.80. The molecule has 0 spiro atoms. The lowest BCUT2D eigenvalue weighted by Gasteiger charge is -2.41. The molecule has 0 bridgehead atoms. The fourth-order valence-corrected chi connectivity index (χ4v) is 3.22. The standard InChI is InChI=1S/C17H19N3/c18-15-11-14(12-7-8-12)19-16(20-15)17(9-4-10-17)13-5-2-1-3-6-13/h1-3,5-6,11-12H,4,7-10H2,(H2,18,19,20). The first-order chi connectivity index (χ1) is 9.78. The summed E-state index contributed by atoms with van der Waals surface area (Å²) in [4.78, 5) is 9.46. The average molecular weight is 265 g/mol. The smallest absolute Gasteiger partial charge is 0.141 e. The van der Waals surface area contributed by atoms with E-state index in [1.54, 1.807) is 0 Å². The van der Waals surface area contributed by atoms with Crippen LogP contribution >= 0.6 is 0 Å². The molecule has 1 heterocycles. The summed E-state index contributed by atoms with van der Waals surface area (Å²) in [6.45, 7) is 0. The van der Waals surface area contributed by atoms with Crippen LogP contribution in [0.4, 0.5) is 5.82 Å². The van der Waals surface area contributed by atoms with E-state index in [-0.39, 0.29) is 5.41 Å². The molecule has 3 heteroatoms. The second-order valence-electron chi connectivity index (χ2n) is 6.12. The van der Waals surface area contributed by atoms with Gasteiger partial charge in [-0.2, -0.15) is 0 Å². The van der Waals surface area contributed by atoms with E-state index in [0.29, 0.717) is 11.7 Å². The molecule has 4 rings (SSSR count). The van der Waals surface area contributed by atoms with Crippen LogP contribution in [0.3, 0.4) is 0 Å². The summed E-state index contributed by atoms with van der Waals surface area (Å²) < 4.78 is 0. The van der Waals surface area contributed by atoms with E-state index in [2.05, 4.69) is 35.3 Å². The van der Waals surface area contributed by atoms with Gasteiger partial charge in [0.2, 0.25) is 0 Å². The first-order valence-corrected chi connectivity index (χ1v) is 7.48. The van der Waals surface area contributed by atoms with Crippen molar-refractivity contribution >= 4 is 5.82 Å². The Kier molecular flexibility index (Phi) is 2.56. The number of rotatable bonds is 3. The molecule has 102 valence electrons. The number of nitrogens with zero attached hydrogens (tertiary/aromatic N) is 2. The zero-order valence-corrected chi connectivity index (χ0v) is 11.5. The summed E-state index contributed by atoms with van der Waals surface area (Å²) in [5.74, 6) is 2.18. The van der Waals surface area contributed by atoms with Crippen molar-refractivity contribution in [1.82, 2.24) is 9.97 Å². The van der Waals surface area contributed by atoms with Gasteiger partial charge in [-0.05, 0) is 31.2 Å². The average Bonchev–Trinajstić information content (AvgIpc) is 3.22. The molecule has 0 aliphatic heterocycles. The zero-order chi connectivity index (χ0) is 13.6. The highest BCUT2D eigenvalue weighted by molar-refractivity contribution is 5.40. The Bertz CT molecular complexity index is 628. The number of nitrogens with two attached hydrogens (primary N) is 1. The Balaban J connectivity index is 1.82. The number of anilines is 1. The van der Waals surface area contributed by atoms with Crippen molar-refractivity contribution in [1.29, 1.82) is 0 Å². The lowest BCUT2D eigenvalue weighted by atomic mass is 9.64. The molecule has 1 aromatic heterocycles. The van der Waals surface area contributed by atoms with Gasteiger partial charge in [0.05, 0.1) is 5.41 Å². The van der Waals surface area contributed by atoms with Gasteiger partial charge in [-0.3, -0.25) is 0 Å². The Morgan fingerprint density at radius 2 is 1.80 bits per heavy atom. The van der Waals surface area contributed by atoms with Crippen molar-refractivity contribution in [2.24, 2.45) is 0 Å². The van der Waals surface area contributed by atoms with E-state index in [9.17, 15) is 0 Å². The number of aromatic nitrogens is 2. The molecule has 2 fully saturated rings. The third-order valence-electron chi connectivity index (χ3n) is 4.72. The Hall–Kier alpha value is -1.90. The number of hydrogen-bond acceptors (Lipinski definition) is 3. The topological polar surface area (TPSA) is 51.8 Å². The monoisotopic (exact) mass is 265 g/mol. The van der Waals surface area contributed by atoms with Crippen LogP contribution < -0.4 is 5.73 Å². The molecular weight excluding hydrogens is 246 g/mol. The van der Waals surface area contributed by atoms with Crippen molar-refractivity contribution in [3.05, 3.63) is 53.5 Å². The first-order valence-electron chi connectivity index (χ1n) is 7.48. The molecular formula is C17H19N3. The predicted octanol–water partition coefficient (Wildman–Crippen LogP) is 3.41. The summed E-state index contributed by atoms with van der Waals surface area (Å²) in [6, 6.07) is 12.6. The second kappa shape index (κ2) is 4.30. The second-order valence-corrected chi connectivity index (χ2v) is 6.12. The molecule has 2 N–H and O–H groups in total. The quantitative estimate of drug-likeness (QED) is 0.925. The van der Waals surface area contributed by atoms with Crippen molar-refractivity contribution in [3.8, 4) is 0 Å². The molecule has 0 radical (unpaired) electrons. The van der Waals surface area contributed by atoms with Crippen LogP contribution in [0.25, 0.3) is 0 Å². The van der Waals surface area contributed by atoms with Gasteiger partial charge in [-0.1, -0.05) is 36.8 Å². The normalized spacial score (nSPS) is 20.4. The van der Waals surface area contributed by atoms with Crippen LogP contribution in [0.2, 0.25) is 0 Å². The SMILES string of the molecule is Nc1cc(C2CC2)nc(C2(c3ccccc3)CCC2)n1. The van der Waals surface area contributed by atoms with Gasteiger partial charge in [0.15, 0.2) is 0 Å². The van der Waals surface area contributed by atoms with E-state index in [4.69, 9.17) is 10.7 Å². The lowest BCUT2D eigenvalue weighted by molar-refractivity contribution is 0.284. The van der Waals surface area contributed by atoms with Gasteiger partial charge < -0.3 is 5.73 Å². The molecule has 20 heavy (non-hydrogen) atoms. The van der Waals surface area contributed by atoms with Crippen LogP contribution in [0.1, 0.15) is 55.1 Å². The Morgan fingerprint density at radius 3 is 2.40 bits per heavy atom. The summed E-state index contributed by atoms with van der Waals surface area (Å²) in [7, 11) is 0. The van der Waals surface area contributed by atoms with E-state index >= 15 is 0 Å². The fraction of sp³-hybridized carbons (Fsp3) is 0.412. The summed E-state index contributed by atoms with van der Waals surface area (Å²) in [5, 5.41) is 0. The highest BCUT2D eigenvalue weighted by Gasteiger charge is 2.43. The Labute approximate surface area is 119 Å². The van der Waals surface area contributed by atoms with Crippen LogP contribution in [-0.2, 0) is 5.41 Å². The van der Waals surface area contributed by atoms with E-state index in [1.165, 1.54) is 24.8 Å². The van der Waals surface area contributed by atoms with Crippen molar-refractivity contribution in [2.75, 3.05) is 5.73 Å². The minimum atomic E-state index is 0.000278. The maximum atomic E-state index is 6.03. The summed E-state index contributed by atoms with van der Waals surface area (Å²) >= 11 is 0. The number of nitrogen functional groups attached to an aromatic ring is 1. The van der Waals surface area contributed by atoms with Gasteiger partial charge in [-0.25, -0.2) is 9.97 Å². The molecule has 0 amide bonds. The van der Waals surface area contributed by atoms with Gasteiger partial charge in [0.25, 0.3) is 0 Å². The van der Waals surface area contributed by atoms with Crippen LogP contribution in [0.5, 0.6) is 0 Å². The van der Waals surface area contributed by atoms with Gasteiger partial charge in [0.1, 0.15) is 11.6 Å². The van der Waals surface area contributed by atoms with Gasteiger partial charge in [0, 0.05) is 17.7 Å². The highest BCUT2D eigenvalue weighted by atomic mass is 15.0. The maximum absolute atomic E-state index is 6.03. The lowest BCUT2D eigenvalue weighted by Crippen LogP contribution is -2.37. The number of hydrogen-bond donors (Lipinski definition) is 1. The molecule has 2 saturated carbocycles.